The number of hydrogen-bond acceptors (Lipinski definition) is 6. The fourth-order valence-electron chi connectivity index (χ4n) is 3.17. The Morgan fingerprint density at radius 2 is 1.43 bits per heavy atom. The van der Waals surface area contributed by atoms with Gasteiger partial charge < -0.3 is 25.4 Å². The molecule has 3 amide bonds. The molecule has 0 aliphatic rings. The summed E-state index contributed by atoms with van der Waals surface area (Å²) in [5, 5.41) is 8.39. The molecule has 0 radical (unpaired) electrons. The molecule has 0 aliphatic carbocycles. The molecule has 0 heterocycles. The number of carbonyl (C=O) groups excluding carboxylic acids is 3. The zero-order valence-corrected chi connectivity index (χ0v) is 20.3. The van der Waals surface area contributed by atoms with Crippen molar-refractivity contribution in [2.45, 2.75) is 4.90 Å². The fraction of sp³-hybridized carbons (Fsp3) is 0.192. The fourth-order valence-corrected chi connectivity index (χ4v) is 4.02. The molecule has 3 rings (SSSR count). The van der Waals surface area contributed by atoms with Gasteiger partial charge in [0, 0.05) is 35.3 Å². The van der Waals surface area contributed by atoms with Crippen LogP contribution in [0.25, 0.3) is 0 Å². The second-order valence-electron chi connectivity index (χ2n) is 7.28. The summed E-state index contributed by atoms with van der Waals surface area (Å²) in [4.78, 5) is 37.9. The Labute approximate surface area is 208 Å². The number of methoxy groups -OCH3 is 2. The minimum atomic E-state index is -0.276. The summed E-state index contributed by atoms with van der Waals surface area (Å²) in [7, 11) is 3.07. The Balaban J connectivity index is 1.49. The third-order valence-electron chi connectivity index (χ3n) is 4.89. The molecule has 0 saturated heterocycles. The second kappa shape index (κ2) is 13.0. The summed E-state index contributed by atoms with van der Waals surface area (Å²) in [6, 6.07) is 21.1. The van der Waals surface area contributed by atoms with E-state index in [-0.39, 0.29) is 30.0 Å². The summed E-state index contributed by atoms with van der Waals surface area (Å²) < 4.78 is 10.5. The lowest BCUT2D eigenvalue weighted by molar-refractivity contribution is -0.113. The average molecular weight is 494 g/mol. The van der Waals surface area contributed by atoms with Crippen LogP contribution in [-0.4, -0.2) is 50.8 Å². The van der Waals surface area contributed by atoms with Gasteiger partial charge in [-0.15, -0.1) is 11.8 Å². The molecule has 0 atom stereocenters. The summed E-state index contributed by atoms with van der Waals surface area (Å²) in [6.45, 7) is 0.568. The number of hydrogen-bond donors (Lipinski definition) is 3. The maximum absolute atomic E-state index is 12.7. The van der Waals surface area contributed by atoms with Crippen LogP contribution in [0.5, 0.6) is 11.5 Å². The molecule has 0 saturated carbocycles. The Morgan fingerprint density at radius 1 is 0.771 bits per heavy atom. The van der Waals surface area contributed by atoms with Crippen molar-refractivity contribution in [3.05, 3.63) is 83.9 Å². The summed E-state index contributed by atoms with van der Waals surface area (Å²) >= 11 is 1.26. The lowest BCUT2D eigenvalue weighted by Crippen LogP contribution is -2.34. The standard InChI is InChI=1S/C26H27N3O5S/c1-33-21-13-12-19(16-22(21)34-2)29-24(30)17-35-23-11-7-6-10-20(23)26(32)28-15-14-27-25(31)18-8-4-3-5-9-18/h3-13,16H,14-15,17H2,1-2H3,(H,27,31)(H,28,32)(H,29,30). The van der Waals surface area contributed by atoms with Crippen LogP contribution >= 0.6 is 11.8 Å². The molecule has 35 heavy (non-hydrogen) atoms. The molecule has 182 valence electrons. The van der Waals surface area contributed by atoms with Crippen molar-refractivity contribution in [3.63, 3.8) is 0 Å². The lowest BCUT2D eigenvalue weighted by atomic mass is 10.2. The zero-order chi connectivity index (χ0) is 25.0. The Kier molecular flexibility index (Phi) is 9.56. The second-order valence-corrected chi connectivity index (χ2v) is 8.30. The predicted octanol–water partition coefficient (Wildman–Crippen LogP) is 3.59. The van der Waals surface area contributed by atoms with Crippen molar-refractivity contribution in [1.29, 1.82) is 0 Å². The molecule has 0 bridgehead atoms. The molecular weight excluding hydrogens is 466 g/mol. The van der Waals surface area contributed by atoms with Gasteiger partial charge in [0.2, 0.25) is 5.91 Å². The predicted molar refractivity (Wildman–Crippen MR) is 136 cm³/mol. The summed E-state index contributed by atoms with van der Waals surface area (Å²) in [5.41, 5.74) is 1.61. The van der Waals surface area contributed by atoms with Crippen molar-refractivity contribution in [1.82, 2.24) is 10.6 Å². The van der Waals surface area contributed by atoms with Gasteiger partial charge in [-0.25, -0.2) is 0 Å². The third kappa shape index (κ3) is 7.51. The van der Waals surface area contributed by atoms with E-state index in [1.54, 1.807) is 67.8 Å². The topological polar surface area (TPSA) is 106 Å². The Morgan fingerprint density at radius 3 is 2.14 bits per heavy atom. The largest absolute Gasteiger partial charge is 0.493 e. The van der Waals surface area contributed by atoms with E-state index in [4.69, 9.17) is 9.47 Å². The van der Waals surface area contributed by atoms with Crippen molar-refractivity contribution < 1.29 is 23.9 Å². The number of nitrogens with one attached hydrogen (secondary N) is 3. The molecule has 3 aromatic carbocycles. The van der Waals surface area contributed by atoms with Crippen molar-refractivity contribution in [2.24, 2.45) is 0 Å². The molecular formula is C26H27N3O5S. The highest BCUT2D eigenvalue weighted by Gasteiger charge is 2.14. The summed E-state index contributed by atoms with van der Waals surface area (Å²) in [6.07, 6.45) is 0. The van der Waals surface area contributed by atoms with Crippen molar-refractivity contribution >= 4 is 35.2 Å². The van der Waals surface area contributed by atoms with Crippen LogP contribution in [0.4, 0.5) is 5.69 Å². The molecule has 0 unspecified atom stereocenters. The van der Waals surface area contributed by atoms with Crippen molar-refractivity contribution in [2.75, 3.05) is 38.4 Å². The highest BCUT2D eigenvalue weighted by molar-refractivity contribution is 8.00. The Bertz CT molecular complexity index is 1170. The Hall–Kier alpha value is -3.98. The average Bonchev–Trinajstić information content (AvgIpc) is 2.90. The van der Waals surface area contributed by atoms with Crippen LogP contribution in [0.1, 0.15) is 20.7 Å². The smallest absolute Gasteiger partial charge is 0.252 e. The van der Waals surface area contributed by atoms with Crippen LogP contribution in [0, 0.1) is 0 Å². The molecule has 9 heteroatoms. The van der Waals surface area contributed by atoms with Crippen molar-refractivity contribution in [3.8, 4) is 11.5 Å². The van der Waals surface area contributed by atoms with E-state index >= 15 is 0 Å². The van der Waals surface area contributed by atoms with Crippen LogP contribution in [0.2, 0.25) is 0 Å². The highest BCUT2D eigenvalue weighted by atomic mass is 32.2. The number of benzene rings is 3. The monoisotopic (exact) mass is 493 g/mol. The van der Waals surface area contributed by atoms with E-state index in [0.29, 0.717) is 39.8 Å². The number of amides is 3. The van der Waals surface area contributed by atoms with E-state index in [1.165, 1.54) is 18.9 Å². The normalized spacial score (nSPS) is 10.2. The number of ether oxygens (including phenoxy) is 2. The van der Waals surface area contributed by atoms with Gasteiger partial charge in [0.1, 0.15) is 0 Å². The third-order valence-corrected chi connectivity index (χ3v) is 5.96. The number of anilines is 1. The molecule has 0 fully saturated rings. The molecule has 0 aromatic heterocycles. The van der Waals surface area contributed by atoms with Crippen LogP contribution in [-0.2, 0) is 4.79 Å². The van der Waals surface area contributed by atoms with Gasteiger partial charge in [-0.05, 0) is 36.4 Å². The van der Waals surface area contributed by atoms with Gasteiger partial charge in [0.05, 0.1) is 25.5 Å². The quantitative estimate of drug-likeness (QED) is 0.278. The molecule has 0 spiro atoms. The van der Waals surface area contributed by atoms with E-state index in [2.05, 4.69) is 16.0 Å². The summed E-state index contributed by atoms with van der Waals surface area (Å²) in [5.74, 6) is 0.505. The molecule has 0 aliphatic heterocycles. The first kappa shape index (κ1) is 25.6. The minimum absolute atomic E-state index is 0.117. The first-order valence-electron chi connectivity index (χ1n) is 10.9. The lowest BCUT2D eigenvalue weighted by Gasteiger charge is -2.12. The van der Waals surface area contributed by atoms with E-state index in [1.807, 2.05) is 12.1 Å². The molecule has 3 N–H and O–H groups in total. The maximum atomic E-state index is 12.7. The zero-order valence-electron chi connectivity index (χ0n) is 19.5. The highest BCUT2D eigenvalue weighted by Crippen LogP contribution is 2.30. The van der Waals surface area contributed by atoms with Gasteiger partial charge in [-0.1, -0.05) is 30.3 Å². The van der Waals surface area contributed by atoms with Gasteiger partial charge in [0.15, 0.2) is 11.5 Å². The molecule has 3 aromatic rings. The van der Waals surface area contributed by atoms with Gasteiger partial charge in [0.25, 0.3) is 11.8 Å². The minimum Gasteiger partial charge on any atom is -0.493 e. The number of thioether (sulfide) groups is 1. The number of rotatable bonds is 11. The molecule has 8 nitrogen and oxygen atoms in total. The van der Waals surface area contributed by atoms with E-state index in [0.717, 1.165) is 0 Å². The van der Waals surface area contributed by atoms with E-state index < -0.39 is 0 Å². The maximum Gasteiger partial charge on any atom is 0.252 e. The SMILES string of the molecule is COc1ccc(NC(=O)CSc2ccccc2C(=O)NCCNC(=O)c2ccccc2)cc1OC. The van der Waals surface area contributed by atoms with Gasteiger partial charge >= 0.3 is 0 Å². The van der Waals surface area contributed by atoms with E-state index in [9.17, 15) is 14.4 Å². The van der Waals surface area contributed by atoms with Gasteiger partial charge in [-0.2, -0.15) is 0 Å². The van der Waals surface area contributed by atoms with Gasteiger partial charge in [-0.3, -0.25) is 14.4 Å². The number of carbonyl (C=O) groups is 3. The first-order chi connectivity index (χ1) is 17.0. The first-order valence-corrected chi connectivity index (χ1v) is 11.9. The van der Waals surface area contributed by atoms with Crippen LogP contribution in [0.15, 0.2) is 77.7 Å². The van der Waals surface area contributed by atoms with Crippen LogP contribution < -0.4 is 25.4 Å². The van der Waals surface area contributed by atoms with Crippen LogP contribution in [0.3, 0.4) is 0 Å².